The molecule has 2 heterocycles. The van der Waals surface area contributed by atoms with Crippen molar-refractivity contribution in [2.45, 2.75) is 12.2 Å². The number of aliphatic carboxylic acids is 1. The topological polar surface area (TPSA) is 65.0 Å². The predicted molar refractivity (Wildman–Crippen MR) is 64.4 cm³/mol. The first kappa shape index (κ1) is 11.5. The predicted octanol–water partition coefficient (Wildman–Crippen LogP) is 1.84. The fraction of sp³-hybridized carbons (Fsp3) is 0.417. The second-order valence-electron chi connectivity index (χ2n) is 4.22. The summed E-state index contributed by atoms with van der Waals surface area (Å²) in [4.78, 5) is 11.2. The summed E-state index contributed by atoms with van der Waals surface area (Å²) in [6.45, 7) is 0. The summed E-state index contributed by atoms with van der Waals surface area (Å²) in [5.41, 5.74) is 0. The number of carbonyl (C=O) groups is 1. The van der Waals surface area contributed by atoms with Gasteiger partial charge in [-0.3, -0.25) is 4.79 Å². The minimum absolute atomic E-state index is 0.355. The van der Waals surface area contributed by atoms with Crippen LogP contribution >= 0.6 is 11.8 Å². The van der Waals surface area contributed by atoms with Crippen molar-refractivity contribution in [3.05, 3.63) is 34.8 Å². The second-order valence-corrected chi connectivity index (χ2v) is 5.12. The van der Waals surface area contributed by atoms with Gasteiger partial charge >= 0.3 is 5.97 Å². The minimum atomic E-state index is -0.913. The van der Waals surface area contributed by atoms with Gasteiger partial charge in [0.1, 0.15) is 5.92 Å². The summed E-state index contributed by atoms with van der Waals surface area (Å²) in [6.07, 6.45) is 3.89. The van der Waals surface area contributed by atoms with Gasteiger partial charge in [-0.25, -0.2) is 0 Å². The van der Waals surface area contributed by atoms with Gasteiger partial charge in [-0.1, -0.05) is 0 Å². The van der Waals surface area contributed by atoms with E-state index in [0.29, 0.717) is 29.5 Å². The number of carboxylic acids is 1. The van der Waals surface area contributed by atoms with E-state index in [2.05, 4.69) is 0 Å². The van der Waals surface area contributed by atoms with Crippen LogP contribution in [0.2, 0.25) is 0 Å². The number of thioether (sulfide) groups is 1. The zero-order valence-electron chi connectivity index (χ0n) is 9.71. The molecule has 5 nitrogen and oxygen atoms in total. The first-order valence-electron chi connectivity index (χ1n) is 5.54. The van der Waals surface area contributed by atoms with Crippen molar-refractivity contribution >= 4 is 17.7 Å². The summed E-state index contributed by atoms with van der Waals surface area (Å²) in [6, 6.07) is 0. The Morgan fingerprint density at radius 1 is 1.61 bits per heavy atom. The van der Waals surface area contributed by atoms with E-state index in [1.807, 2.05) is 11.5 Å². The molecule has 2 unspecified atom stereocenters. The summed E-state index contributed by atoms with van der Waals surface area (Å²) < 4.78 is 16.8. The Hall–Kier alpha value is -1.56. The Balaban J connectivity index is 1.96. The van der Waals surface area contributed by atoms with Gasteiger partial charge in [-0.05, 0) is 17.9 Å². The highest BCUT2D eigenvalue weighted by Crippen LogP contribution is 2.46. The molecule has 2 atom stereocenters. The van der Waals surface area contributed by atoms with E-state index in [0.717, 1.165) is 0 Å². The molecule has 0 aromatic rings. The molecule has 0 bridgehead atoms. The Bertz CT molecular complexity index is 493. The Morgan fingerprint density at radius 3 is 3.06 bits per heavy atom. The molecule has 0 aromatic heterocycles. The smallest absolute Gasteiger partial charge is 0.314 e. The van der Waals surface area contributed by atoms with E-state index in [4.69, 9.17) is 14.2 Å². The van der Waals surface area contributed by atoms with Crippen LogP contribution in [0.4, 0.5) is 0 Å². The number of carboxylic acid groups (broad SMARTS) is 1. The summed E-state index contributed by atoms with van der Waals surface area (Å²) in [5, 5.41) is 11.1. The van der Waals surface area contributed by atoms with Crippen LogP contribution in [0, 0.1) is 5.92 Å². The van der Waals surface area contributed by atoms with Crippen LogP contribution in [0.15, 0.2) is 34.8 Å². The lowest BCUT2D eigenvalue weighted by Gasteiger charge is -2.21. The van der Waals surface area contributed by atoms with Crippen LogP contribution in [0.3, 0.4) is 0 Å². The largest absolute Gasteiger partial charge is 0.493 e. The van der Waals surface area contributed by atoms with E-state index in [1.165, 1.54) is 7.11 Å². The number of rotatable bonds is 2. The molecule has 0 amide bonds. The van der Waals surface area contributed by atoms with Crippen molar-refractivity contribution in [1.82, 2.24) is 0 Å². The molecular formula is C12H12O5S. The second kappa shape index (κ2) is 3.98. The maximum atomic E-state index is 11.2. The van der Waals surface area contributed by atoms with Crippen LogP contribution < -0.4 is 0 Å². The molecule has 0 fully saturated rings. The van der Waals surface area contributed by atoms with Crippen molar-refractivity contribution in [1.29, 1.82) is 0 Å². The fourth-order valence-corrected chi connectivity index (χ4v) is 3.03. The molecule has 3 aliphatic rings. The van der Waals surface area contributed by atoms with Gasteiger partial charge in [0.25, 0.3) is 5.79 Å². The molecule has 18 heavy (non-hydrogen) atoms. The zero-order valence-corrected chi connectivity index (χ0v) is 10.5. The van der Waals surface area contributed by atoms with E-state index in [-0.39, 0.29) is 0 Å². The summed E-state index contributed by atoms with van der Waals surface area (Å²) in [7, 11) is 1.53. The van der Waals surface area contributed by atoms with E-state index in [9.17, 15) is 9.90 Å². The van der Waals surface area contributed by atoms with Gasteiger partial charge in [0.15, 0.2) is 11.5 Å². The van der Waals surface area contributed by atoms with E-state index >= 15 is 0 Å². The molecule has 6 heteroatoms. The molecule has 96 valence electrons. The average molecular weight is 268 g/mol. The first-order chi connectivity index (χ1) is 8.65. The Morgan fingerprint density at radius 2 is 2.44 bits per heavy atom. The SMILES string of the molecule is COC1=CCC(C(=O)O)C2=C1OC1(C=CSC1)O2. The van der Waals surface area contributed by atoms with Gasteiger partial charge in [0.2, 0.25) is 5.76 Å². The zero-order chi connectivity index (χ0) is 12.8. The van der Waals surface area contributed by atoms with Crippen LogP contribution in [-0.4, -0.2) is 29.7 Å². The van der Waals surface area contributed by atoms with Crippen LogP contribution in [-0.2, 0) is 19.0 Å². The van der Waals surface area contributed by atoms with Crippen LogP contribution in [0.5, 0.6) is 0 Å². The van der Waals surface area contributed by atoms with Crippen molar-refractivity contribution in [3.8, 4) is 0 Å². The van der Waals surface area contributed by atoms with Crippen molar-refractivity contribution < 1.29 is 24.1 Å². The number of methoxy groups -OCH3 is 1. The average Bonchev–Trinajstić information content (AvgIpc) is 2.94. The molecule has 1 spiro atoms. The summed E-state index contributed by atoms with van der Waals surface area (Å²) in [5.74, 6) is -0.516. The van der Waals surface area contributed by atoms with Crippen molar-refractivity contribution in [2.24, 2.45) is 5.92 Å². The van der Waals surface area contributed by atoms with Gasteiger partial charge in [0.05, 0.1) is 12.9 Å². The maximum absolute atomic E-state index is 11.2. The van der Waals surface area contributed by atoms with Gasteiger partial charge < -0.3 is 19.3 Å². The molecule has 3 rings (SSSR count). The molecule has 0 saturated carbocycles. The third-order valence-corrected chi connectivity index (χ3v) is 3.98. The third-order valence-electron chi connectivity index (χ3n) is 3.08. The fourth-order valence-electron chi connectivity index (χ4n) is 2.18. The van der Waals surface area contributed by atoms with Gasteiger partial charge in [0, 0.05) is 6.08 Å². The van der Waals surface area contributed by atoms with Crippen LogP contribution in [0.25, 0.3) is 0 Å². The molecule has 1 N–H and O–H groups in total. The van der Waals surface area contributed by atoms with Crippen molar-refractivity contribution in [2.75, 3.05) is 12.9 Å². The van der Waals surface area contributed by atoms with Gasteiger partial charge in [-0.15, -0.1) is 11.8 Å². The molecule has 0 radical (unpaired) electrons. The van der Waals surface area contributed by atoms with Gasteiger partial charge in [-0.2, -0.15) is 0 Å². The molecule has 0 aromatic carbocycles. The Labute approximate surface area is 108 Å². The lowest BCUT2D eigenvalue weighted by Crippen LogP contribution is -2.30. The maximum Gasteiger partial charge on any atom is 0.314 e. The molecule has 2 aliphatic heterocycles. The molecule has 0 saturated heterocycles. The number of hydrogen-bond acceptors (Lipinski definition) is 5. The van der Waals surface area contributed by atoms with E-state index < -0.39 is 17.7 Å². The minimum Gasteiger partial charge on any atom is -0.493 e. The molecule has 1 aliphatic carbocycles. The van der Waals surface area contributed by atoms with Crippen molar-refractivity contribution in [3.63, 3.8) is 0 Å². The Kier molecular flexibility index (Phi) is 2.55. The lowest BCUT2D eigenvalue weighted by molar-refractivity contribution is -0.143. The number of ether oxygens (including phenoxy) is 3. The standard InChI is InChI=1S/C12H12O5S/c1-15-8-3-2-7(11(13)14)9-10(8)17-12(16-9)4-5-18-6-12/h3-5,7H,2,6H2,1H3,(H,13,14). The number of allylic oxidation sites excluding steroid dienone is 1. The van der Waals surface area contributed by atoms with E-state index in [1.54, 1.807) is 17.8 Å². The van der Waals surface area contributed by atoms with Crippen LogP contribution in [0.1, 0.15) is 6.42 Å². The monoisotopic (exact) mass is 268 g/mol. The highest BCUT2D eigenvalue weighted by atomic mass is 32.2. The number of hydrogen-bond donors (Lipinski definition) is 1. The summed E-state index contributed by atoms with van der Waals surface area (Å²) >= 11 is 1.57. The molecular weight excluding hydrogens is 256 g/mol. The highest BCUT2D eigenvalue weighted by molar-refractivity contribution is 8.02. The first-order valence-corrected chi connectivity index (χ1v) is 6.59. The normalized spacial score (nSPS) is 32.9. The lowest BCUT2D eigenvalue weighted by atomic mass is 9.97. The highest BCUT2D eigenvalue weighted by Gasteiger charge is 2.49. The quantitative estimate of drug-likeness (QED) is 0.824. The third kappa shape index (κ3) is 1.59.